The molecular weight excluding hydrogens is 372 g/mol. The first kappa shape index (κ1) is 21.9. The Balaban J connectivity index is 1.94. The maximum Gasteiger partial charge on any atom is 0.163 e. The lowest BCUT2D eigenvalue weighted by molar-refractivity contribution is -0.121. The molecule has 1 N–H and O–H groups in total. The highest BCUT2D eigenvalue weighted by molar-refractivity contribution is 6.10. The number of carbonyl (C=O) groups excluding carboxylic acids is 2. The van der Waals surface area contributed by atoms with E-state index in [2.05, 4.69) is 6.07 Å². The Hall–Kier alpha value is -3.38. The van der Waals surface area contributed by atoms with Crippen molar-refractivity contribution in [3.63, 3.8) is 0 Å². The number of hydrogen-bond acceptors (Lipinski definition) is 6. The van der Waals surface area contributed by atoms with Crippen molar-refractivity contribution < 1.29 is 28.9 Å². The highest BCUT2D eigenvalue weighted by Crippen LogP contribution is 2.28. The molecule has 151 valence electrons. The third kappa shape index (κ3) is 7.27. The molecule has 0 aliphatic carbocycles. The molecule has 0 spiro atoms. The van der Waals surface area contributed by atoms with E-state index in [1.807, 2.05) is 0 Å². The van der Waals surface area contributed by atoms with Gasteiger partial charge in [0.1, 0.15) is 12.4 Å². The van der Waals surface area contributed by atoms with Gasteiger partial charge in [-0.2, -0.15) is 0 Å². The van der Waals surface area contributed by atoms with Gasteiger partial charge >= 0.3 is 0 Å². The van der Waals surface area contributed by atoms with Crippen LogP contribution in [-0.4, -0.2) is 44.1 Å². The van der Waals surface area contributed by atoms with E-state index in [-0.39, 0.29) is 31.2 Å². The lowest BCUT2D eigenvalue weighted by atomic mass is 10.1. The number of methoxy groups -OCH3 is 2. The van der Waals surface area contributed by atoms with Crippen LogP contribution in [0, 0.1) is 6.07 Å². The summed E-state index contributed by atoms with van der Waals surface area (Å²) in [6, 6.07) is 13.3. The normalized spacial score (nSPS) is 11.0. The van der Waals surface area contributed by atoms with Gasteiger partial charge in [-0.1, -0.05) is 24.3 Å². The van der Waals surface area contributed by atoms with Crippen molar-refractivity contribution in [2.45, 2.75) is 6.42 Å². The van der Waals surface area contributed by atoms with E-state index in [0.717, 1.165) is 11.1 Å². The average molecular weight is 395 g/mol. The summed E-state index contributed by atoms with van der Waals surface area (Å²) < 4.78 is 15.7. The minimum absolute atomic E-state index is 0.0992. The molecule has 0 bridgehead atoms. The summed E-state index contributed by atoms with van der Waals surface area (Å²) in [5, 5.41) is 8.84. The molecule has 0 saturated carbocycles. The summed E-state index contributed by atoms with van der Waals surface area (Å²) in [4.78, 5) is 24.1. The van der Waals surface area contributed by atoms with E-state index < -0.39 is 0 Å². The molecule has 29 heavy (non-hydrogen) atoms. The van der Waals surface area contributed by atoms with Crippen LogP contribution in [0.5, 0.6) is 17.2 Å². The largest absolute Gasteiger partial charge is 0.496 e. The Labute approximate surface area is 170 Å². The van der Waals surface area contributed by atoms with E-state index in [0.29, 0.717) is 17.2 Å². The second-order valence-electron chi connectivity index (χ2n) is 5.95. The summed E-state index contributed by atoms with van der Waals surface area (Å²) in [5.41, 5.74) is 1.51. The maximum atomic E-state index is 12.1. The van der Waals surface area contributed by atoms with Gasteiger partial charge in [-0.15, -0.1) is 0 Å². The second-order valence-corrected chi connectivity index (χ2v) is 5.95. The molecule has 6 nitrogen and oxygen atoms in total. The zero-order chi connectivity index (χ0) is 21.1. The first-order chi connectivity index (χ1) is 14.0. The average Bonchev–Trinajstić information content (AvgIpc) is 2.75. The van der Waals surface area contributed by atoms with Gasteiger partial charge in [0.25, 0.3) is 0 Å². The van der Waals surface area contributed by atoms with Gasteiger partial charge in [-0.05, 0) is 47.5 Å². The van der Waals surface area contributed by atoms with E-state index in [4.69, 9.17) is 19.3 Å². The van der Waals surface area contributed by atoms with Crippen LogP contribution in [0.15, 0.2) is 48.6 Å². The van der Waals surface area contributed by atoms with E-state index in [1.54, 1.807) is 55.7 Å². The Morgan fingerprint density at radius 3 is 2.28 bits per heavy atom. The van der Waals surface area contributed by atoms with Crippen LogP contribution in [0.25, 0.3) is 12.2 Å². The monoisotopic (exact) mass is 395 g/mol. The highest BCUT2D eigenvalue weighted by Gasteiger charge is 2.06. The smallest absolute Gasteiger partial charge is 0.163 e. The molecule has 0 aliphatic rings. The molecule has 0 aromatic heterocycles. The number of aliphatic hydroxyl groups excluding tert-OH is 1. The highest BCUT2D eigenvalue weighted by atomic mass is 16.5. The third-order valence-electron chi connectivity index (χ3n) is 3.83. The standard InChI is InChI=1S/C23H23O6/c1-27-21-5-3-4-17(14-21)6-9-19(25)16-20(26)10-7-18-8-11-22(29-13-12-24)23(15-18)28-2/h3-4,6-11,14-15,24H,12-13,16H2,1-2H3/b9-6+,10-7+. The number of carbonyl (C=O) groups is 2. The van der Waals surface area contributed by atoms with Crippen molar-refractivity contribution >= 4 is 23.7 Å². The molecule has 6 heteroatoms. The number of ketones is 2. The minimum atomic E-state index is -0.307. The van der Waals surface area contributed by atoms with Gasteiger partial charge in [-0.3, -0.25) is 9.59 Å². The summed E-state index contributed by atoms with van der Waals surface area (Å²) in [5.74, 6) is 0.958. The molecule has 0 heterocycles. The number of allylic oxidation sites excluding steroid dienone is 2. The van der Waals surface area contributed by atoms with E-state index in [9.17, 15) is 9.59 Å². The van der Waals surface area contributed by atoms with Gasteiger partial charge in [0, 0.05) is 6.07 Å². The molecule has 0 aliphatic heterocycles. The van der Waals surface area contributed by atoms with Crippen molar-refractivity contribution in [1.82, 2.24) is 0 Å². The number of benzene rings is 2. The molecule has 0 amide bonds. The molecule has 0 atom stereocenters. The summed E-state index contributed by atoms with van der Waals surface area (Å²) in [6.07, 6.45) is 5.74. The van der Waals surface area contributed by atoms with Crippen LogP contribution in [0.3, 0.4) is 0 Å². The maximum absolute atomic E-state index is 12.1. The van der Waals surface area contributed by atoms with Crippen LogP contribution in [0.2, 0.25) is 0 Å². The van der Waals surface area contributed by atoms with E-state index >= 15 is 0 Å². The van der Waals surface area contributed by atoms with Crippen molar-refractivity contribution in [2.75, 3.05) is 27.4 Å². The number of ether oxygens (including phenoxy) is 3. The Morgan fingerprint density at radius 1 is 0.966 bits per heavy atom. The molecule has 0 saturated heterocycles. The van der Waals surface area contributed by atoms with Crippen molar-refractivity contribution in [3.05, 3.63) is 65.7 Å². The predicted octanol–water partition coefficient (Wildman–Crippen LogP) is 3.13. The van der Waals surface area contributed by atoms with Gasteiger partial charge in [0.05, 0.1) is 27.2 Å². The van der Waals surface area contributed by atoms with Crippen molar-refractivity contribution in [1.29, 1.82) is 0 Å². The SMILES string of the molecule is COc1[c]ccc(/C=C/C(=O)CC(=O)/C=C/c2ccc(OCCO)c(OC)c2)c1. The quantitative estimate of drug-likeness (QED) is 0.465. The number of hydrogen-bond donors (Lipinski definition) is 1. The molecule has 0 fully saturated rings. The molecule has 1 radical (unpaired) electrons. The lowest BCUT2D eigenvalue weighted by Crippen LogP contribution is -2.03. The van der Waals surface area contributed by atoms with Gasteiger partial charge in [0.2, 0.25) is 0 Å². The number of rotatable bonds is 11. The zero-order valence-corrected chi connectivity index (χ0v) is 16.4. The molecule has 0 unspecified atom stereocenters. The second kappa shape index (κ2) is 11.5. The first-order valence-corrected chi connectivity index (χ1v) is 8.95. The van der Waals surface area contributed by atoms with Crippen molar-refractivity contribution in [3.8, 4) is 17.2 Å². The van der Waals surface area contributed by atoms with Crippen molar-refractivity contribution in [2.24, 2.45) is 0 Å². The molecule has 2 aromatic carbocycles. The summed E-state index contributed by atoms with van der Waals surface area (Å²) in [7, 11) is 3.05. The summed E-state index contributed by atoms with van der Waals surface area (Å²) in [6.45, 7) is 0.0612. The van der Waals surface area contributed by atoms with Gasteiger partial charge in [-0.25, -0.2) is 0 Å². The Kier molecular flexibility index (Phi) is 8.66. The molecule has 2 aromatic rings. The van der Waals surface area contributed by atoms with Crippen LogP contribution in [0.1, 0.15) is 17.5 Å². The predicted molar refractivity (Wildman–Crippen MR) is 110 cm³/mol. The van der Waals surface area contributed by atoms with E-state index in [1.165, 1.54) is 19.3 Å². The zero-order valence-electron chi connectivity index (χ0n) is 16.4. The fourth-order valence-corrected chi connectivity index (χ4v) is 2.41. The molecule has 2 rings (SSSR count). The Bertz CT molecular complexity index is 898. The Morgan fingerprint density at radius 2 is 1.66 bits per heavy atom. The van der Waals surface area contributed by atoms with Crippen LogP contribution in [-0.2, 0) is 9.59 Å². The van der Waals surface area contributed by atoms with Crippen LogP contribution >= 0.6 is 0 Å². The third-order valence-corrected chi connectivity index (χ3v) is 3.83. The summed E-state index contributed by atoms with van der Waals surface area (Å²) >= 11 is 0. The van der Waals surface area contributed by atoms with Gasteiger partial charge < -0.3 is 19.3 Å². The fourth-order valence-electron chi connectivity index (χ4n) is 2.41. The topological polar surface area (TPSA) is 82.1 Å². The van der Waals surface area contributed by atoms with Gasteiger partial charge in [0.15, 0.2) is 23.1 Å². The lowest BCUT2D eigenvalue weighted by Gasteiger charge is -2.10. The first-order valence-electron chi connectivity index (χ1n) is 8.95. The fraction of sp³-hybridized carbons (Fsp3) is 0.217. The van der Waals surface area contributed by atoms with Crippen LogP contribution < -0.4 is 14.2 Å². The molecular formula is C23H23O6. The minimum Gasteiger partial charge on any atom is -0.496 e. The van der Waals surface area contributed by atoms with Crippen LogP contribution in [0.4, 0.5) is 0 Å². The number of aliphatic hydroxyl groups is 1.